The molecule has 0 bridgehead atoms. The average Bonchev–Trinajstić information content (AvgIpc) is 2.69. The van der Waals surface area contributed by atoms with Crippen molar-refractivity contribution in [3.63, 3.8) is 0 Å². The van der Waals surface area contributed by atoms with Crippen molar-refractivity contribution in [2.24, 2.45) is 5.92 Å². The quantitative estimate of drug-likeness (QED) is 0.709. The van der Waals surface area contributed by atoms with Gasteiger partial charge in [0.2, 0.25) is 0 Å². The molecule has 0 saturated carbocycles. The van der Waals surface area contributed by atoms with Crippen molar-refractivity contribution >= 4 is 17.6 Å². The molecule has 0 fully saturated rings. The lowest BCUT2D eigenvalue weighted by atomic mass is 10.1. The first-order chi connectivity index (χ1) is 13.3. The van der Waals surface area contributed by atoms with E-state index in [9.17, 15) is 9.59 Å². The Morgan fingerprint density at radius 2 is 1.71 bits per heavy atom. The van der Waals surface area contributed by atoms with Crippen LogP contribution in [-0.2, 0) is 4.79 Å². The van der Waals surface area contributed by atoms with E-state index in [1.165, 1.54) is 12.0 Å². The van der Waals surface area contributed by atoms with E-state index in [0.29, 0.717) is 41.0 Å². The van der Waals surface area contributed by atoms with Gasteiger partial charge >= 0.3 is 5.97 Å². The average molecular weight is 387 g/mol. The Kier molecular flexibility index (Phi) is 7.26. The molecule has 0 heterocycles. The van der Waals surface area contributed by atoms with Gasteiger partial charge in [-0.2, -0.15) is 0 Å². The highest BCUT2D eigenvalue weighted by molar-refractivity contribution is 6.06. The van der Waals surface area contributed by atoms with Gasteiger partial charge in [-0.15, -0.1) is 0 Å². The number of amides is 1. The van der Waals surface area contributed by atoms with Gasteiger partial charge in [-0.25, -0.2) is 4.79 Å². The molecule has 2 aromatic carbocycles. The molecule has 0 radical (unpaired) electrons. The summed E-state index contributed by atoms with van der Waals surface area (Å²) in [6.07, 6.45) is 0. The number of benzene rings is 2. The first kappa shape index (κ1) is 21.1. The van der Waals surface area contributed by atoms with Gasteiger partial charge in [0.25, 0.3) is 5.91 Å². The van der Waals surface area contributed by atoms with Gasteiger partial charge in [-0.05, 0) is 48.4 Å². The second-order valence-electron chi connectivity index (χ2n) is 6.61. The van der Waals surface area contributed by atoms with Crippen LogP contribution < -0.4 is 19.1 Å². The molecule has 7 heteroatoms. The summed E-state index contributed by atoms with van der Waals surface area (Å²) in [7, 11) is 3.19. The highest BCUT2D eigenvalue weighted by Gasteiger charge is 2.17. The van der Waals surface area contributed by atoms with Crippen LogP contribution in [0.1, 0.15) is 24.2 Å². The zero-order chi connectivity index (χ0) is 20.7. The summed E-state index contributed by atoms with van der Waals surface area (Å²) in [5.74, 6) is 0.617. The predicted octanol–water partition coefficient (Wildman–Crippen LogP) is 3.47. The Balaban J connectivity index is 2.12. The van der Waals surface area contributed by atoms with E-state index >= 15 is 0 Å². The van der Waals surface area contributed by atoms with Gasteiger partial charge in [0.1, 0.15) is 5.75 Å². The number of aliphatic carboxylic acids is 1. The van der Waals surface area contributed by atoms with Gasteiger partial charge in [0.15, 0.2) is 18.1 Å². The second kappa shape index (κ2) is 9.64. The van der Waals surface area contributed by atoms with E-state index in [4.69, 9.17) is 19.3 Å². The molecule has 0 atom stereocenters. The fourth-order valence-electron chi connectivity index (χ4n) is 2.40. The number of carbonyl (C=O) groups excluding carboxylic acids is 1. The van der Waals surface area contributed by atoms with Crippen molar-refractivity contribution in [1.82, 2.24) is 0 Å². The molecule has 0 aromatic heterocycles. The van der Waals surface area contributed by atoms with E-state index in [1.807, 2.05) is 0 Å². The van der Waals surface area contributed by atoms with Gasteiger partial charge < -0.3 is 24.2 Å². The monoisotopic (exact) mass is 387 g/mol. The van der Waals surface area contributed by atoms with Crippen LogP contribution >= 0.6 is 0 Å². The summed E-state index contributed by atoms with van der Waals surface area (Å²) in [6.45, 7) is 4.24. The van der Waals surface area contributed by atoms with Crippen molar-refractivity contribution in [2.75, 3.05) is 32.3 Å². The van der Waals surface area contributed by atoms with Crippen LogP contribution in [0.2, 0.25) is 0 Å². The number of carboxylic acid groups (broad SMARTS) is 1. The Bertz CT molecular complexity index is 816. The highest BCUT2D eigenvalue weighted by atomic mass is 16.5. The summed E-state index contributed by atoms with van der Waals surface area (Å²) in [6, 6.07) is 11.7. The van der Waals surface area contributed by atoms with E-state index in [-0.39, 0.29) is 5.91 Å². The zero-order valence-electron chi connectivity index (χ0n) is 16.5. The van der Waals surface area contributed by atoms with Crippen molar-refractivity contribution in [3.8, 4) is 17.2 Å². The maximum Gasteiger partial charge on any atom is 0.341 e. The van der Waals surface area contributed by atoms with Crippen LogP contribution in [0.3, 0.4) is 0 Å². The summed E-state index contributed by atoms with van der Waals surface area (Å²) in [5.41, 5.74) is 1.11. The fourth-order valence-corrected chi connectivity index (χ4v) is 2.40. The summed E-state index contributed by atoms with van der Waals surface area (Å²) < 4.78 is 16.2. The van der Waals surface area contributed by atoms with E-state index in [1.54, 1.807) is 49.5 Å². The van der Waals surface area contributed by atoms with Gasteiger partial charge in [0.05, 0.1) is 13.7 Å². The second-order valence-corrected chi connectivity index (χ2v) is 6.61. The standard InChI is InChI=1S/C21H25NO6/c1-14(2)12-28-18-10-5-15(11-19(18)26-4)21(25)22(3)16-6-8-17(9-7-16)27-13-20(23)24/h5-11,14H,12-13H2,1-4H3,(H,23,24). The molecular formula is C21H25NO6. The topological polar surface area (TPSA) is 85.3 Å². The largest absolute Gasteiger partial charge is 0.493 e. The first-order valence-corrected chi connectivity index (χ1v) is 8.85. The molecule has 0 aliphatic heterocycles. The van der Waals surface area contributed by atoms with Crippen LogP contribution in [0.25, 0.3) is 0 Å². The minimum absolute atomic E-state index is 0.215. The summed E-state index contributed by atoms with van der Waals surface area (Å²) >= 11 is 0. The molecule has 0 spiro atoms. The minimum atomic E-state index is -1.05. The van der Waals surface area contributed by atoms with Crippen molar-refractivity contribution in [2.45, 2.75) is 13.8 Å². The van der Waals surface area contributed by atoms with Gasteiger partial charge in [-0.1, -0.05) is 13.8 Å². The lowest BCUT2D eigenvalue weighted by Gasteiger charge is -2.19. The third-order valence-corrected chi connectivity index (χ3v) is 3.87. The molecule has 2 aromatic rings. The Hall–Kier alpha value is -3.22. The maximum absolute atomic E-state index is 12.8. The molecule has 1 N–H and O–H groups in total. The lowest BCUT2D eigenvalue weighted by molar-refractivity contribution is -0.139. The Morgan fingerprint density at radius 1 is 1.04 bits per heavy atom. The van der Waals surface area contributed by atoms with Crippen molar-refractivity contribution in [1.29, 1.82) is 0 Å². The smallest absolute Gasteiger partial charge is 0.341 e. The first-order valence-electron chi connectivity index (χ1n) is 8.85. The molecule has 2 rings (SSSR count). The van der Waals surface area contributed by atoms with Crippen LogP contribution in [0, 0.1) is 5.92 Å². The number of nitrogens with zero attached hydrogens (tertiary/aromatic N) is 1. The number of methoxy groups -OCH3 is 1. The van der Waals surface area contributed by atoms with Crippen molar-refractivity contribution in [3.05, 3.63) is 48.0 Å². The molecule has 0 aliphatic carbocycles. The Labute approximate surface area is 164 Å². The van der Waals surface area contributed by atoms with E-state index in [2.05, 4.69) is 13.8 Å². The third kappa shape index (κ3) is 5.64. The van der Waals surface area contributed by atoms with Crippen LogP contribution in [-0.4, -0.2) is 44.4 Å². The zero-order valence-corrected chi connectivity index (χ0v) is 16.5. The fraction of sp³-hybridized carbons (Fsp3) is 0.333. The molecule has 1 amide bonds. The molecule has 28 heavy (non-hydrogen) atoms. The predicted molar refractivity (Wildman–Crippen MR) is 106 cm³/mol. The summed E-state index contributed by atoms with van der Waals surface area (Å²) in [4.78, 5) is 24.8. The number of anilines is 1. The Morgan fingerprint density at radius 3 is 2.29 bits per heavy atom. The van der Waals surface area contributed by atoms with Gasteiger partial charge in [0, 0.05) is 18.3 Å². The molecule has 0 unspecified atom stereocenters. The van der Waals surface area contributed by atoms with Crippen molar-refractivity contribution < 1.29 is 28.9 Å². The molecular weight excluding hydrogens is 362 g/mol. The molecule has 0 aliphatic rings. The number of hydrogen-bond donors (Lipinski definition) is 1. The van der Waals surface area contributed by atoms with Crippen LogP contribution in [0.4, 0.5) is 5.69 Å². The summed E-state index contributed by atoms with van der Waals surface area (Å²) in [5, 5.41) is 8.64. The van der Waals surface area contributed by atoms with Crippen LogP contribution in [0.15, 0.2) is 42.5 Å². The SMILES string of the molecule is COc1cc(C(=O)N(C)c2ccc(OCC(=O)O)cc2)ccc1OCC(C)C. The number of ether oxygens (including phenoxy) is 3. The van der Waals surface area contributed by atoms with Crippen LogP contribution in [0.5, 0.6) is 17.2 Å². The number of hydrogen-bond acceptors (Lipinski definition) is 5. The van der Waals surface area contributed by atoms with Gasteiger partial charge in [-0.3, -0.25) is 4.79 Å². The van der Waals surface area contributed by atoms with E-state index < -0.39 is 12.6 Å². The number of carbonyl (C=O) groups is 2. The van der Waals surface area contributed by atoms with E-state index in [0.717, 1.165) is 0 Å². The lowest BCUT2D eigenvalue weighted by Crippen LogP contribution is -2.26. The normalized spacial score (nSPS) is 10.5. The number of rotatable bonds is 9. The third-order valence-electron chi connectivity index (χ3n) is 3.87. The molecule has 7 nitrogen and oxygen atoms in total. The molecule has 0 saturated heterocycles. The highest BCUT2D eigenvalue weighted by Crippen LogP contribution is 2.29. The minimum Gasteiger partial charge on any atom is -0.493 e. The number of carboxylic acids is 1. The maximum atomic E-state index is 12.8. The molecule has 150 valence electrons.